The molecule has 12 unspecified atom stereocenters. The summed E-state index contributed by atoms with van der Waals surface area (Å²) in [6.07, 6.45) is -7.82. The third-order valence-corrected chi connectivity index (χ3v) is 12.9. The lowest BCUT2D eigenvalue weighted by Gasteiger charge is -2.64. The molecule has 6 fully saturated rings. The second-order valence-corrected chi connectivity index (χ2v) is 15.2. The number of fused-ring (bicyclic) bond motifs is 3. The minimum absolute atomic E-state index is 0.0421. The van der Waals surface area contributed by atoms with Crippen molar-refractivity contribution in [1.29, 1.82) is 0 Å². The van der Waals surface area contributed by atoms with Crippen molar-refractivity contribution in [3.63, 3.8) is 0 Å². The molecular weight excluding hydrogens is 592 g/mol. The molecule has 13 nitrogen and oxygen atoms in total. The maximum atomic E-state index is 13.9. The summed E-state index contributed by atoms with van der Waals surface area (Å²) in [7, 11) is 0. The van der Waals surface area contributed by atoms with Crippen LogP contribution in [0.15, 0.2) is 12.2 Å². The summed E-state index contributed by atoms with van der Waals surface area (Å²) < 4.78 is 23.4. The van der Waals surface area contributed by atoms with Gasteiger partial charge in [-0.1, -0.05) is 19.9 Å². The topological polar surface area (TPSA) is 216 Å². The van der Waals surface area contributed by atoms with E-state index in [2.05, 4.69) is 13.5 Å². The van der Waals surface area contributed by atoms with Gasteiger partial charge < -0.3 is 59.8 Å². The minimum atomic E-state index is -1.67. The summed E-state index contributed by atoms with van der Waals surface area (Å²) in [4.78, 5) is 13.9. The molecule has 2 heterocycles. The van der Waals surface area contributed by atoms with Crippen molar-refractivity contribution in [2.24, 2.45) is 28.1 Å². The molecule has 8 N–H and O–H groups in total. The maximum absolute atomic E-state index is 13.9. The first-order valence-corrected chi connectivity index (χ1v) is 16.3. The Morgan fingerprint density at radius 1 is 0.800 bits per heavy atom. The Morgan fingerprint density at radius 2 is 1.38 bits per heavy atom. The molecule has 1 spiro atoms. The lowest BCUT2D eigenvalue weighted by Crippen LogP contribution is -2.63. The Kier molecular flexibility index (Phi) is 8.77. The van der Waals surface area contributed by atoms with Gasteiger partial charge >= 0.3 is 5.97 Å². The van der Waals surface area contributed by atoms with E-state index in [0.29, 0.717) is 25.7 Å². The molecule has 0 aromatic heterocycles. The quantitative estimate of drug-likeness (QED) is 0.102. The SMILES string of the molecule is C=C1C[C@@]23CCC4[C@@](C)(CCC[C@@]4(C)C(=O)OC4OC(CO)C(O)C(O)C4O)C2CC[C@]1(OC1OC(CO)C(O)C(O)C1O)C3. The third-order valence-electron chi connectivity index (χ3n) is 12.9. The van der Waals surface area contributed by atoms with Crippen LogP contribution >= 0.6 is 0 Å². The summed E-state index contributed by atoms with van der Waals surface area (Å²) in [5, 5.41) is 81.4. The van der Waals surface area contributed by atoms with E-state index in [1.165, 1.54) is 0 Å². The van der Waals surface area contributed by atoms with Crippen molar-refractivity contribution in [3.8, 4) is 0 Å². The standard InChI is InChI=1S/C32H50O13/c1-15-11-31-9-5-18-29(2,7-4-8-30(18,3)28(41)44-26-24(39)22(37)20(35)16(12-33)42-26)19(31)6-10-32(15,14-31)45-27-25(40)23(38)21(36)17(13-34)43-27/h16-27,33-40H,1,4-14H2,2-3H3/t16?,17?,18?,19?,20?,21?,22?,23?,24?,25?,26?,27?,29-,30-,31-,32+/m1/s1. The number of carbonyl (C=O) groups excluding carboxylic acids is 1. The average molecular weight is 643 g/mol. The van der Waals surface area contributed by atoms with Crippen molar-refractivity contribution in [3.05, 3.63) is 12.2 Å². The van der Waals surface area contributed by atoms with Gasteiger partial charge in [0.15, 0.2) is 6.29 Å². The van der Waals surface area contributed by atoms with Crippen LogP contribution < -0.4 is 0 Å². The van der Waals surface area contributed by atoms with E-state index in [4.69, 9.17) is 18.9 Å². The van der Waals surface area contributed by atoms with Crippen LogP contribution in [0.5, 0.6) is 0 Å². The Bertz CT molecular complexity index is 1150. The molecule has 0 aromatic rings. The molecule has 6 rings (SSSR count). The number of aliphatic hydroxyl groups is 8. The summed E-state index contributed by atoms with van der Waals surface area (Å²) >= 11 is 0. The smallest absolute Gasteiger partial charge is 0.314 e. The highest BCUT2D eigenvalue weighted by atomic mass is 16.7. The highest BCUT2D eigenvalue weighted by Crippen LogP contribution is 2.73. The van der Waals surface area contributed by atoms with Crippen LogP contribution in [0, 0.1) is 28.1 Å². The summed E-state index contributed by atoms with van der Waals surface area (Å²) in [6.45, 7) is 7.41. The number of aliphatic hydroxyl groups excluding tert-OH is 8. The van der Waals surface area contributed by atoms with Crippen molar-refractivity contribution in [1.82, 2.24) is 0 Å². The molecule has 0 amide bonds. The molecular formula is C32H50O13. The average Bonchev–Trinajstić information content (AvgIpc) is 3.20. The van der Waals surface area contributed by atoms with Crippen LogP contribution in [0.25, 0.3) is 0 Å². The number of esters is 1. The van der Waals surface area contributed by atoms with E-state index in [1.54, 1.807) is 0 Å². The first-order valence-electron chi connectivity index (χ1n) is 16.3. The number of ether oxygens (including phenoxy) is 4. The predicted molar refractivity (Wildman–Crippen MR) is 154 cm³/mol. The fourth-order valence-corrected chi connectivity index (χ4v) is 10.5. The highest BCUT2D eigenvalue weighted by Gasteiger charge is 2.69. The van der Waals surface area contributed by atoms with E-state index in [1.807, 2.05) is 6.92 Å². The maximum Gasteiger partial charge on any atom is 0.314 e. The number of rotatable bonds is 6. The van der Waals surface area contributed by atoms with Gasteiger partial charge in [-0.2, -0.15) is 0 Å². The third kappa shape index (κ3) is 5.04. The van der Waals surface area contributed by atoms with Crippen LogP contribution in [0.1, 0.15) is 71.6 Å². The molecule has 6 aliphatic rings. The van der Waals surface area contributed by atoms with E-state index in [0.717, 1.165) is 37.7 Å². The van der Waals surface area contributed by atoms with Crippen molar-refractivity contribution < 1.29 is 64.6 Å². The van der Waals surface area contributed by atoms with Gasteiger partial charge in [-0.3, -0.25) is 4.79 Å². The number of hydrogen-bond donors (Lipinski definition) is 8. The number of hydrogen-bond acceptors (Lipinski definition) is 13. The van der Waals surface area contributed by atoms with Crippen LogP contribution in [-0.2, 0) is 23.7 Å². The second-order valence-electron chi connectivity index (χ2n) is 15.2. The van der Waals surface area contributed by atoms with Gasteiger partial charge in [-0.25, -0.2) is 0 Å². The zero-order valence-electron chi connectivity index (χ0n) is 26.0. The Morgan fingerprint density at radius 3 is 2.00 bits per heavy atom. The molecule has 16 atom stereocenters. The molecule has 2 bridgehead atoms. The zero-order valence-corrected chi connectivity index (χ0v) is 26.0. The molecule has 0 radical (unpaired) electrons. The fourth-order valence-electron chi connectivity index (χ4n) is 10.5. The van der Waals surface area contributed by atoms with E-state index in [-0.39, 0.29) is 22.7 Å². The molecule has 4 saturated carbocycles. The first-order chi connectivity index (χ1) is 21.2. The summed E-state index contributed by atoms with van der Waals surface area (Å²) in [5.74, 6) is -0.348. The van der Waals surface area contributed by atoms with Gasteiger partial charge in [0.1, 0.15) is 48.8 Å². The predicted octanol–water partition coefficient (Wildman–Crippen LogP) is -0.762. The molecule has 4 aliphatic carbocycles. The lowest BCUT2D eigenvalue weighted by atomic mass is 9.41. The first kappa shape index (κ1) is 33.7. The largest absolute Gasteiger partial charge is 0.432 e. The zero-order chi connectivity index (χ0) is 32.7. The Labute approximate surface area is 262 Å². The van der Waals surface area contributed by atoms with E-state index in [9.17, 15) is 45.6 Å². The highest BCUT2D eigenvalue weighted by molar-refractivity contribution is 5.77. The molecule has 13 heteroatoms. The van der Waals surface area contributed by atoms with Crippen molar-refractivity contribution >= 4 is 5.97 Å². The summed E-state index contributed by atoms with van der Waals surface area (Å²) in [5.41, 5.74) is -1.20. The van der Waals surface area contributed by atoms with E-state index < -0.39 is 91.6 Å². The van der Waals surface area contributed by atoms with Gasteiger partial charge in [0.25, 0.3) is 0 Å². The molecule has 0 aromatic carbocycles. The summed E-state index contributed by atoms with van der Waals surface area (Å²) in [6, 6.07) is 0. The van der Waals surface area contributed by atoms with Gasteiger partial charge in [0, 0.05) is 0 Å². The fraction of sp³-hybridized carbons (Fsp3) is 0.906. The second kappa shape index (κ2) is 11.7. The van der Waals surface area contributed by atoms with Crippen LogP contribution in [0.4, 0.5) is 0 Å². The number of carbonyl (C=O) groups is 1. The van der Waals surface area contributed by atoms with Crippen LogP contribution in [-0.4, -0.2) is 127 Å². The van der Waals surface area contributed by atoms with Crippen molar-refractivity contribution in [2.75, 3.05) is 13.2 Å². The monoisotopic (exact) mass is 642 g/mol. The molecule has 45 heavy (non-hydrogen) atoms. The molecule has 2 saturated heterocycles. The van der Waals surface area contributed by atoms with Gasteiger partial charge in [-0.15, -0.1) is 0 Å². The van der Waals surface area contributed by atoms with Gasteiger partial charge in [0.2, 0.25) is 6.29 Å². The molecule has 256 valence electrons. The Balaban J connectivity index is 1.20. The molecule has 2 aliphatic heterocycles. The van der Waals surface area contributed by atoms with Crippen molar-refractivity contribution in [2.45, 2.75) is 139 Å². The minimum Gasteiger partial charge on any atom is -0.432 e. The van der Waals surface area contributed by atoms with Gasteiger partial charge in [0.05, 0.1) is 24.2 Å². The van der Waals surface area contributed by atoms with Crippen LogP contribution in [0.3, 0.4) is 0 Å². The van der Waals surface area contributed by atoms with Gasteiger partial charge in [-0.05, 0) is 86.5 Å². The Hall–Kier alpha value is -1.23. The van der Waals surface area contributed by atoms with Crippen LogP contribution in [0.2, 0.25) is 0 Å². The van der Waals surface area contributed by atoms with E-state index >= 15 is 0 Å². The normalized spacial score (nSPS) is 54.7. The lowest BCUT2D eigenvalue weighted by molar-refractivity contribution is -0.327.